The molecule has 0 unspecified atom stereocenters. The Morgan fingerprint density at radius 1 is 1.30 bits per heavy atom. The van der Waals surface area contributed by atoms with E-state index in [1.165, 1.54) is 11.8 Å². The molecule has 2 heterocycles. The van der Waals surface area contributed by atoms with Crippen LogP contribution in [0.2, 0.25) is 0 Å². The fourth-order valence-corrected chi connectivity index (χ4v) is 2.72. The van der Waals surface area contributed by atoms with Crippen molar-refractivity contribution in [3.63, 3.8) is 0 Å². The summed E-state index contributed by atoms with van der Waals surface area (Å²) in [4.78, 5) is 11.9. The van der Waals surface area contributed by atoms with Gasteiger partial charge in [0.1, 0.15) is 0 Å². The van der Waals surface area contributed by atoms with Crippen LogP contribution in [0, 0.1) is 6.92 Å². The van der Waals surface area contributed by atoms with Crippen LogP contribution in [0.5, 0.6) is 0 Å². The van der Waals surface area contributed by atoms with Gasteiger partial charge in [0, 0.05) is 18.7 Å². The largest absolute Gasteiger partial charge is 0.338 e. The number of benzene rings is 1. The van der Waals surface area contributed by atoms with Crippen molar-refractivity contribution in [2.75, 3.05) is 11.1 Å². The van der Waals surface area contributed by atoms with Crippen LogP contribution in [0.25, 0.3) is 11.4 Å². The fraction of sp³-hybridized carbons (Fsp3) is 0.200. The molecule has 1 aromatic carbocycles. The first-order chi connectivity index (χ1) is 11.1. The third kappa shape index (κ3) is 3.59. The van der Waals surface area contributed by atoms with Gasteiger partial charge in [-0.05, 0) is 6.92 Å². The highest BCUT2D eigenvalue weighted by Crippen LogP contribution is 2.22. The summed E-state index contributed by atoms with van der Waals surface area (Å²) in [5.41, 5.74) is 1.70. The molecule has 0 bridgehead atoms. The lowest BCUT2D eigenvalue weighted by Crippen LogP contribution is -2.14. The highest BCUT2D eigenvalue weighted by Gasteiger charge is 2.13. The predicted octanol–water partition coefficient (Wildman–Crippen LogP) is 2.51. The molecule has 0 saturated carbocycles. The van der Waals surface area contributed by atoms with Gasteiger partial charge in [0.05, 0.1) is 11.4 Å². The zero-order chi connectivity index (χ0) is 16.2. The quantitative estimate of drug-likeness (QED) is 0.724. The van der Waals surface area contributed by atoms with Crippen LogP contribution in [0.4, 0.5) is 5.88 Å². The van der Waals surface area contributed by atoms with Gasteiger partial charge in [-0.25, -0.2) is 0 Å². The minimum absolute atomic E-state index is 0.185. The maximum absolute atomic E-state index is 11.9. The van der Waals surface area contributed by atoms with Crippen molar-refractivity contribution in [3.05, 3.63) is 42.1 Å². The second-order valence-electron chi connectivity index (χ2n) is 4.90. The molecular weight excluding hydrogens is 314 g/mol. The summed E-state index contributed by atoms with van der Waals surface area (Å²) in [5, 5.41) is 15.4. The van der Waals surface area contributed by atoms with E-state index < -0.39 is 0 Å². The van der Waals surface area contributed by atoms with E-state index in [0.717, 1.165) is 11.4 Å². The van der Waals surface area contributed by atoms with Gasteiger partial charge >= 0.3 is 0 Å². The number of nitrogens with one attached hydrogen (secondary N) is 1. The number of anilines is 1. The first-order valence-corrected chi connectivity index (χ1v) is 7.93. The lowest BCUT2D eigenvalue weighted by atomic mass is 10.2. The molecule has 0 saturated heterocycles. The summed E-state index contributed by atoms with van der Waals surface area (Å²) in [6.45, 7) is 1.79. The summed E-state index contributed by atoms with van der Waals surface area (Å²) in [6, 6.07) is 11.5. The molecule has 2 aromatic heterocycles. The standard InChI is InChI=1S/C15H15N5O2S/c1-10-8-13(22-19-10)16-12(21)9-23-15-18-17-14(20(15)2)11-6-4-3-5-7-11/h3-8H,9H2,1-2H3,(H,16,21). The number of rotatable bonds is 5. The average Bonchev–Trinajstić information content (AvgIpc) is 3.12. The Morgan fingerprint density at radius 3 is 2.78 bits per heavy atom. The smallest absolute Gasteiger partial charge is 0.237 e. The van der Waals surface area contributed by atoms with Gasteiger partial charge in [0.25, 0.3) is 0 Å². The number of aromatic nitrogens is 4. The molecule has 0 atom stereocenters. The molecule has 0 aliphatic carbocycles. The van der Waals surface area contributed by atoms with E-state index in [1.54, 1.807) is 13.0 Å². The van der Waals surface area contributed by atoms with Crippen LogP contribution in [-0.2, 0) is 11.8 Å². The highest BCUT2D eigenvalue weighted by atomic mass is 32.2. The molecule has 3 rings (SSSR count). The van der Waals surface area contributed by atoms with Crippen molar-refractivity contribution in [3.8, 4) is 11.4 Å². The Hall–Kier alpha value is -2.61. The van der Waals surface area contributed by atoms with E-state index in [1.807, 2.05) is 41.9 Å². The third-order valence-electron chi connectivity index (χ3n) is 3.09. The first-order valence-electron chi connectivity index (χ1n) is 6.94. The number of hydrogen-bond donors (Lipinski definition) is 1. The number of carbonyl (C=O) groups excluding carboxylic acids is 1. The number of carbonyl (C=O) groups is 1. The molecule has 3 aromatic rings. The zero-order valence-electron chi connectivity index (χ0n) is 12.7. The van der Waals surface area contributed by atoms with Gasteiger partial charge in [0.15, 0.2) is 11.0 Å². The van der Waals surface area contributed by atoms with Gasteiger partial charge < -0.3 is 9.09 Å². The van der Waals surface area contributed by atoms with Crippen LogP contribution in [-0.4, -0.2) is 31.6 Å². The molecule has 0 spiro atoms. The normalized spacial score (nSPS) is 10.7. The zero-order valence-corrected chi connectivity index (χ0v) is 13.5. The van der Waals surface area contributed by atoms with Crippen molar-refractivity contribution in [1.29, 1.82) is 0 Å². The van der Waals surface area contributed by atoms with Crippen molar-refractivity contribution >= 4 is 23.6 Å². The Morgan fingerprint density at radius 2 is 2.09 bits per heavy atom. The lowest BCUT2D eigenvalue weighted by Gasteiger charge is -2.03. The van der Waals surface area contributed by atoms with E-state index in [9.17, 15) is 4.79 Å². The van der Waals surface area contributed by atoms with Crippen LogP contribution in [0.3, 0.4) is 0 Å². The summed E-state index contributed by atoms with van der Waals surface area (Å²) in [5.74, 6) is 1.13. The van der Waals surface area contributed by atoms with Crippen molar-refractivity contribution < 1.29 is 9.32 Å². The molecule has 0 aliphatic rings. The molecule has 1 amide bonds. The van der Waals surface area contributed by atoms with Crippen molar-refractivity contribution in [2.45, 2.75) is 12.1 Å². The number of aryl methyl sites for hydroxylation is 1. The van der Waals surface area contributed by atoms with Crippen LogP contribution in [0.1, 0.15) is 5.69 Å². The molecule has 0 fully saturated rings. The van der Waals surface area contributed by atoms with Crippen molar-refractivity contribution in [1.82, 2.24) is 19.9 Å². The first kappa shape index (κ1) is 15.3. The summed E-state index contributed by atoms with van der Waals surface area (Å²) < 4.78 is 6.82. The molecule has 118 valence electrons. The van der Waals surface area contributed by atoms with Gasteiger partial charge in [-0.15, -0.1) is 10.2 Å². The molecular formula is C15H15N5O2S. The molecule has 8 heteroatoms. The highest BCUT2D eigenvalue weighted by molar-refractivity contribution is 7.99. The molecule has 0 radical (unpaired) electrons. The fourth-order valence-electron chi connectivity index (χ4n) is 2.01. The number of hydrogen-bond acceptors (Lipinski definition) is 6. The monoisotopic (exact) mass is 329 g/mol. The second kappa shape index (κ2) is 6.66. The summed E-state index contributed by atoms with van der Waals surface area (Å²) in [7, 11) is 1.88. The number of nitrogens with zero attached hydrogens (tertiary/aromatic N) is 4. The molecule has 1 N–H and O–H groups in total. The minimum atomic E-state index is -0.185. The molecule has 0 aliphatic heterocycles. The Labute approximate surface area is 137 Å². The van der Waals surface area contributed by atoms with E-state index in [-0.39, 0.29) is 11.7 Å². The summed E-state index contributed by atoms with van der Waals surface area (Å²) >= 11 is 1.31. The molecule has 7 nitrogen and oxygen atoms in total. The number of amides is 1. The topological polar surface area (TPSA) is 85.8 Å². The van der Waals surface area contributed by atoms with Crippen molar-refractivity contribution in [2.24, 2.45) is 7.05 Å². The second-order valence-corrected chi connectivity index (χ2v) is 5.84. The average molecular weight is 329 g/mol. The third-order valence-corrected chi connectivity index (χ3v) is 4.11. The van der Waals surface area contributed by atoms with Crippen LogP contribution in [0.15, 0.2) is 46.1 Å². The van der Waals surface area contributed by atoms with Gasteiger partial charge in [-0.1, -0.05) is 47.3 Å². The maximum atomic E-state index is 11.9. The summed E-state index contributed by atoms with van der Waals surface area (Å²) in [6.07, 6.45) is 0. The predicted molar refractivity (Wildman–Crippen MR) is 87.0 cm³/mol. The SMILES string of the molecule is Cc1cc(NC(=O)CSc2nnc(-c3ccccc3)n2C)on1. The van der Waals surface area contributed by atoms with E-state index in [4.69, 9.17) is 4.52 Å². The van der Waals surface area contributed by atoms with Gasteiger partial charge in [-0.2, -0.15) is 0 Å². The van der Waals surface area contributed by atoms with Crippen LogP contribution >= 0.6 is 11.8 Å². The minimum Gasteiger partial charge on any atom is -0.338 e. The maximum Gasteiger partial charge on any atom is 0.237 e. The van der Waals surface area contributed by atoms with Gasteiger partial charge in [-0.3, -0.25) is 10.1 Å². The van der Waals surface area contributed by atoms with Crippen LogP contribution < -0.4 is 5.32 Å². The van der Waals surface area contributed by atoms with Gasteiger partial charge in [0.2, 0.25) is 11.8 Å². The van der Waals surface area contributed by atoms with E-state index in [0.29, 0.717) is 16.7 Å². The van der Waals surface area contributed by atoms with E-state index >= 15 is 0 Å². The molecule has 23 heavy (non-hydrogen) atoms. The number of thioether (sulfide) groups is 1. The Kier molecular flexibility index (Phi) is 4.42. The Bertz CT molecular complexity index is 812. The Balaban J connectivity index is 1.63. The lowest BCUT2D eigenvalue weighted by molar-refractivity contribution is -0.113. The van der Waals surface area contributed by atoms with E-state index in [2.05, 4.69) is 20.7 Å².